The van der Waals surface area contributed by atoms with Crippen LogP contribution in [0.15, 0.2) is 55.0 Å². The van der Waals surface area contributed by atoms with Crippen LogP contribution in [0.2, 0.25) is 0 Å². The number of hydrogen-bond acceptors (Lipinski definition) is 6. The number of amides is 1. The molecule has 0 unspecified atom stereocenters. The summed E-state index contributed by atoms with van der Waals surface area (Å²) < 4.78 is 1.67. The molecule has 0 bridgehead atoms. The van der Waals surface area contributed by atoms with Gasteiger partial charge < -0.3 is 14.8 Å². The zero-order valence-electron chi connectivity index (χ0n) is 17.3. The van der Waals surface area contributed by atoms with Crippen LogP contribution in [0, 0.1) is 5.92 Å². The number of aromatic amines is 1. The number of aromatic nitrogens is 6. The van der Waals surface area contributed by atoms with Crippen molar-refractivity contribution in [2.24, 2.45) is 5.92 Å². The lowest BCUT2D eigenvalue weighted by Crippen LogP contribution is -2.41. The first-order valence-electron chi connectivity index (χ1n) is 10.4. The number of H-pyrrole nitrogens is 1. The first-order valence-corrected chi connectivity index (χ1v) is 10.4. The van der Waals surface area contributed by atoms with Crippen molar-refractivity contribution >= 4 is 17.4 Å². The predicted molar refractivity (Wildman–Crippen MR) is 116 cm³/mol. The Morgan fingerprint density at radius 1 is 1.16 bits per heavy atom. The van der Waals surface area contributed by atoms with E-state index in [1.165, 1.54) is 0 Å². The van der Waals surface area contributed by atoms with Crippen LogP contribution in [0.3, 0.4) is 0 Å². The van der Waals surface area contributed by atoms with E-state index in [0.29, 0.717) is 6.54 Å². The van der Waals surface area contributed by atoms with Crippen molar-refractivity contribution < 1.29 is 4.79 Å². The summed E-state index contributed by atoms with van der Waals surface area (Å²) in [6, 6.07) is 13.9. The molecule has 9 nitrogen and oxygen atoms in total. The van der Waals surface area contributed by atoms with Gasteiger partial charge in [0.05, 0.1) is 18.4 Å². The third-order valence-corrected chi connectivity index (χ3v) is 5.79. The van der Waals surface area contributed by atoms with E-state index in [-0.39, 0.29) is 11.8 Å². The number of carbonyl (C=O) groups is 1. The van der Waals surface area contributed by atoms with Crippen LogP contribution in [-0.2, 0) is 11.3 Å². The SMILES string of the molecule is CN(Cc1ncc(-c2ccccc2)[nH]1)C(=O)C1CCN(c2ccc3nncn3n2)CC1. The number of nitrogens with one attached hydrogen (secondary N) is 1. The number of rotatable bonds is 5. The van der Waals surface area contributed by atoms with Crippen LogP contribution in [0.1, 0.15) is 18.7 Å². The third kappa shape index (κ3) is 3.98. The molecule has 1 aliphatic rings. The highest BCUT2D eigenvalue weighted by molar-refractivity contribution is 5.79. The van der Waals surface area contributed by atoms with Crippen LogP contribution in [0.25, 0.3) is 16.9 Å². The van der Waals surface area contributed by atoms with Gasteiger partial charge in [0.15, 0.2) is 5.65 Å². The van der Waals surface area contributed by atoms with Crippen molar-refractivity contribution in [3.8, 4) is 11.3 Å². The first-order chi connectivity index (χ1) is 15.2. The van der Waals surface area contributed by atoms with Gasteiger partial charge in [-0.2, -0.15) is 4.52 Å². The maximum absolute atomic E-state index is 13.0. The number of piperidine rings is 1. The van der Waals surface area contributed by atoms with Gasteiger partial charge in [-0.1, -0.05) is 30.3 Å². The van der Waals surface area contributed by atoms with E-state index >= 15 is 0 Å². The van der Waals surface area contributed by atoms with Gasteiger partial charge in [0, 0.05) is 26.1 Å². The van der Waals surface area contributed by atoms with Gasteiger partial charge in [0.25, 0.3) is 0 Å². The van der Waals surface area contributed by atoms with Gasteiger partial charge in [-0.15, -0.1) is 15.3 Å². The summed E-state index contributed by atoms with van der Waals surface area (Å²) in [5, 5.41) is 12.4. The molecule has 0 atom stereocenters. The Morgan fingerprint density at radius 3 is 2.77 bits per heavy atom. The molecular formula is C22H24N8O. The second-order valence-electron chi connectivity index (χ2n) is 7.89. The molecule has 4 heterocycles. The summed E-state index contributed by atoms with van der Waals surface area (Å²) in [5.41, 5.74) is 2.77. The highest BCUT2D eigenvalue weighted by Gasteiger charge is 2.28. The fourth-order valence-corrected chi connectivity index (χ4v) is 4.06. The van der Waals surface area contributed by atoms with Crippen LogP contribution in [0.4, 0.5) is 5.82 Å². The largest absolute Gasteiger partial charge is 0.355 e. The summed E-state index contributed by atoms with van der Waals surface area (Å²) in [4.78, 5) is 24.8. The van der Waals surface area contributed by atoms with Gasteiger partial charge in [-0.3, -0.25) is 4.79 Å². The molecule has 1 fully saturated rings. The molecule has 31 heavy (non-hydrogen) atoms. The van der Waals surface area contributed by atoms with Crippen molar-refractivity contribution in [1.82, 2.24) is 34.7 Å². The Hall–Kier alpha value is -3.75. The van der Waals surface area contributed by atoms with E-state index in [4.69, 9.17) is 0 Å². The minimum absolute atomic E-state index is 0.0171. The van der Waals surface area contributed by atoms with Crippen molar-refractivity contribution in [3.05, 3.63) is 60.8 Å². The minimum Gasteiger partial charge on any atom is -0.355 e. The van der Waals surface area contributed by atoms with E-state index in [1.807, 2.05) is 55.7 Å². The molecule has 0 spiro atoms. The van der Waals surface area contributed by atoms with Crippen LogP contribution >= 0.6 is 0 Å². The molecule has 1 aliphatic heterocycles. The summed E-state index contributed by atoms with van der Waals surface area (Å²) >= 11 is 0. The molecule has 0 aliphatic carbocycles. The molecule has 3 aromatic heterocycles. The van der Waals surface area contributed by atoms with Crippen LogP contribution in [-0.4, -0.2) is 60.7 Å². The summed E-state index contributed by atoms with van der Waals surface area (Å²) in [5.74, 6) is 1.86. The number of anilines is 1. The highest BCUT2D eigenvalue weighted by Crippen LogP contribution is 2.24. The summed E-state index contributed by atoms with van der Waals surface area (Å²) in [6.07, 6.45) is 5.03. The monoisotopic (exact) mass is 416 g/mol. The van der Waals surface area contributed by atoms with E-state index in [0.717, 1.165) is 54.5 Å². The Balaban J connectivity index is 1.18. The van der Waals surface area contributed by atoms with Crippen LogP contribution < -0.4 is 4.90 Å². The number of benzene rings is 1. The lowest BCUT2D eigenvalue weighted by atomic mass is 9.95. The number of nitrogens with zero attached hydrogens (tertiary/aromatic N) is 7. The molecule has 4 aromatic rings. The molecule has 0 radical (unpaired) electrons. The predicted octanol–water partition coefficient (Wildman–Crippen LogP) is 2.39. The molecule has 5 rings (SSSR count). The van der Waals surface area contributed by atoms with Gasteiger partial charge in [0.2, 0.25) is 5.91 Å². The molecule has 1 amide bonds. The van der Waals surface area contributed by atoms with E-state index in [1.54, 1.807) is 15.7 Å². The molecule has 1 N–H and O–H groups in total. The van der Waals surface area contributed by atoms with Gasteiger partial charge in [-0.05, 0) is 30.5 Å². The lowest BCUT2D eigenvalue weighted by molar-refractivity contribution is -0.135. The quantitative estimate of drug-likeness (QED) is 0.537. The van der Waals surface area contributed by atoms with E-state index in [2.05, 4.69) is 30.2 Å². The van der Waals surface area contributed by atoms with Gasteiger partial charge in [-0.25, -0.2) is 4.98 Å². The number of carbonyl (C=O) groups excluding carboxylic acids is 1. The third-order valence-electron chi connectivity index (χ3n) is 5.79. The minimum atomic E-state index is 0.0171. The summed E-state index contributed by atoms with van der Waals surface area (Å²) in [7, 11) is 1.85. The maximum Gasteiger partial charge on any atom is 0.225 e. The van der Waals surface area contributed by atoms with Gasteiger partial charge >= 0.3 is 0 Å². The Kier molecular flexibility index (Phi) is 5.07. The van der Waals surface area contributed by atoms with Crippen LogP contribution in [0.5, 0.6) is 0 Å². The van der Waals surface area contributed by atoms with Crippen molar-refractivity contribution in [3.63, 3.8) is 0 Å². The maximum atomic E-state index is 13.0. The lowest BCUT2D eigenvalue weighted by Gasteiger charge is -2.33. The van der Waals surface area contributed by atoms with Gasteiger partial charge in [0.1, 0.15) is 18.0 Å². The highest BCUT2D eigenvalue weighted by atomic mass is 16.2. The topological polar surface area (TPSA) is 95.3 Å². The zero-order valence-corrected chi connectivity index (χ0v) is 17.3. The number of fused-ring (bicyclic) bond motifs is 1. The molecule has 9 heteroatoms. The Bertz CT molecular complexity index is 1180. The van der Waals surface area contributed by atoms with Crippen molar-refractivity contribution in [2.75, 3.05) is 25.0 Å². The number of imidazole rings is 1. The molecular weight excluding hydrogens is 392 g/mol. The summed E-state index contributed by atoms with van der Waals surface area (Å²) in [6.45, 7) is 2.06. The molecule has 1 aromatic carbocycles. The fraction of sp³-hybridized carbons (Fsp3) is 0.318. The first kappa shape index (κ1) is 19.2. The van der Waals surface area contributed by atoms with E-state index in [9.17, 15) is 4.79 Å². The average molecular weight is 416 g/mol. The Morgan fingerprint density at radius 2 is 1.97 bits per heavy atom. The van der Waals surface area contributed by atoms with Crippen molar-refractivity contribution in [1.29, 1.82) is 0 Å². The fourth-order valence-electron chi connectivity index (χ4n) is 4.06. The zero-order chi connectivity index (χ0) is 21.2. The standard InChI is InChI=1S/C22H24N8O/c1-28(14-19-23-13-18(25-19)16-5-3-2-4-6-16)22(31)17-9-11-29(12-10-17)21-8-7-20-26-24-15-30(20)27-21/h2-8,13,15,17H,9-12,14H2,1H3,(H,23,25). The normalized spacial score (nSPS) is 14.8. The van der Waals surface area contributed by atoms with Crippen molar-refractivity contribution in [2.45, 2.75) is 19.4 Å². The van der Waals surface area contributed by atoms with E-state index < -0.39 is 0 Å². The smallest absolute Gasteiger partial charge is 0.225 e. The second-order valence-corrected chi connectivity index (χ2v) is 7.89. The number of hydrogen-bond donors (Lipinski definition) is 1. The average Bonchev–Trinajstić information content (AvgIpc) is 3.48. The molecule has 158 valence electrons. The molecule has 1 saturated heterocycles. The molecule has 0 saturated carbocycles. The Labute approximate surface area is 179 Å². The second kappa shape index (κ2) is 8.17.